The summed E-state index contributed by atoms with van der Waals surface area (Å²) in [4.78, 5) is 23.6. The van der Waals surface area contributed by atoms with Crippen molar-refractivity contribution in [2.24, 2.45) is 0 Å². The standard InChI is InChI=1S/C20H20O5/c1-2-6-19(23)25-13-16(21)11-14-9-10-17(18(22)12-14)20(24)15-7-4-3-5-8-15/h2-10,12,16,21-22H,11,13H2,1H3. The molecule has 5 nitrogen and oxygen atoms in total. The van der Waals surface area contributed by atoms with Crippen LogP contribution in [0.2, 0.25) is 0 Å². The number of carbonyl (C=O) groups is 2. The van der Waals surface area contributed by atoms with E-state index in [0.717, 1.165) is 0 Å². The van der Waals surface area contributed by atoms with Crippen molar-refractivity contribution in [1.82, 2.24) is 0 Å². The summed E-state index contributed by atoms with van der Waals surface area (Å²) >= 11 is 0. The summed E-state index contributed by atoms with van der Waals surface area (Å²) in [6, 6.07) is 13.3. The van der Waals surface area contributed by atoms with E-state index >= 15 is 0 Å². The summed E-state index contributed by atoms with van der Waals surface area (Å²) in [5, 5.41) is 20.0. The molecule has 0 aliphatic rings. The first-order chi connectivity index (χ1) is 12.0. The summed E-state index contributed by atoms with van der Waals surface area (Å²) in [6.45, 7) is 1.55. The molecule has 1 unspecified atom stereocenters. The highest BCUT2D eigenvalue weighted by molar-refractivity contribution is 6.10. The molecule has 0 fully saturated rings. The van der Waals surface area contributed by atoms with Crippen LogP contribution in [0.25, 0.3) is 0 Å². The Kier molecular flexibility index (Phi) is 6.48. The number of benzene rings is 2. The van der Waals surface area contributed by atoms with E-state index in [-0.39, 0.29) is 30.1 Å². The smallest absolute Gasteiger partial charge is 0.330 e. The van der Waals surface area contributed by atoms with Crippen molar-refractivity contribution < 1.29 is 24.5 Å². The Bertz CT molecular complexity index is 765. The summed E-state index contributed by atoms with van der Waals surface area (Å²) in [5.41, 5.74) is 1.32. The van der Waals surface area contributed by atoms with E-state index in [9.17, 15) is 19.8 Å². The summed E-state index contributed by atoms with van der Waals surface area (Å²) in [6.07, 6.45) is 2.11. The molecule has 0 saturated carbocycles. The predicted octanol–water partition coefficient (Wildman–Crippen LogP) is 2.65. The maximum absolute atomic E-state index is 12.4. The average Bonchev–Trinajstić information content (AvgIpc) is 2.61. The normalized spacial score (nSPS) is 12.1. The molecule has 0 heterocycles. The molecule has 0 aliphatic heterocycles. The van der Waals surface area contributed by atoms with Crippen molar-refractivity contribution in [3.05, 3.63) is 77.4 Å². The number of ether oxygens (including phenoxy) is 1. The Balaban J connectivity index is 2.02. The highest BCUT2D eigenvalue weighted by Gasteiger charge is 2.15. The molecule has 2 rings (SSSR count). The quantitative estimate of drug-likeness (QED) is 0.460. The Morgan fingerprint density at radius 1 is 1.16 bits per heavy atom. The fraction of sp³-hybridized carbons (Fsp3) is 0.200. The maximum atomic E-state index is 12.4. The molecule has 2 aromatic carbocycles. The zero-order chi connectivity index (χ0) is 18.2. The number of esters is 1. The predicted molar refractivity (Wildman–Crippen MR) is 93.5 cm³/mol. The average molecular weight is 340 g/mol. The SMILES string of the molecule is CC=CC(=O)OCC(O)Cc1ccc(C(=O)c2ccccc2)c(O)c1. The maximum Gasteiger partial charge on any atom is 0.330 e. The number of phenols is 1. The van der Waals surface area contributed by atoms with Crippen molar-refractivity contribution in [3.63, 3.8) is 0 Å². The van der Waals surface area contributed by atoms with E-state index in [1.807, 2.05) is 6.07 Å². The molecule has 25 heavy (non-hydrogen) atoms. The third-order valence-corrected chi connectivity index (χ3v) is 3.53. The van der Waals surface area contributed by atoms with Crippen LogP contribution in [-0.4, -0.2) is 34.7 Å². The Labute approximate surface area is 146 Å². The number of ketones is 1. The van der Waals surface area contributed by atoms with E-state index in [1.165, 1.54) is 18.2 Å². The second-order valence-electron chi connectivity index (χ2n) is 5.53. The van der Waals surface area contributed by atoms with E-state index in [4.69, 9.17) is 4.74 Å². The molecule has 0 bridgehead atoms. The lowest BCUT2D eigenvalue weighted by Crippen LogP contribution is -2.20. The highest BCUT2D eigenvalue weighted by atomic mass is 16.5. The number of phenolic OH excluding ortho intramolecular Hbond substituents is 1. The molecule has 2 aromatic rings. The lowest BCUT2D eigenvalue weighted by Gasteiger charge is -2.12. The molecule has 2 N–H and O–H groups in total. The second kappa shape index (κ2) is 8.80. The van der Waals surface area contributed by atoms with E-state index in [1.54, 1.807) is 43.3 Å². The molecule has 5 heteroatoms. The van der Waals surface area contributed by atoms with Crippen LogP contribution in [0.15, 0.2) is 60.7 Å². The van der Waals surface area contributed by atoms with Gasteiger partial charge in [0.05, 0.1) is 11.7 Å². The van der Waals surface area contributed by atoms with Gasteiger partial charge in [-0.05, 0) is 24.6 Å². The van der Waals surface area contributed by atoms with Gasteiger partial charge in [0.15, 0.2) is 5.78 Å². The Morgan fingerprint density at radius 2 is 1.88 bits per heavy atom. The van der Waals surface area contributed by atoms with Crippen molar-refractivity contribution >= 4 is 11.8 Å². The molecule has 0 aromatic heterocycles. The number of rotatable bonds is 7. The zero-order valence-corrected chi connectivity index (χ0v) is 13.9. The van der Waals surface area contributed by atoms with Gasteiger partial charge in [0, 0.05) is 18.1 Å². The number of aliphatic hydroxyl groups is 1. The summed E-state index contributed by atoms with van der Waals surface area (Å²) in [5.74, 6) is -0.942. The molecular formula is C20H20O5. The number of allylic oxidation sites excluding steroid dienone is 1. The van der Waals surface area contributed by atoms with Crippen LogP contribution in [0.3, 0.4) is 0 Å². The monoisotopic (exact) mass is 340 g/mol. The van der Waals surface area contributed by atoms with Gasteiger partial charge >= 0.3 is 5.97 Å². The molecular weight excluding hydrogens is 320 g/mol. The Hall–Kier alpha value is -2.92. The number of aromatic hydroxyl groups is 1. The van der Waals surface area contributed by atoms with Gasteiger partial charge in [0.25, 0.3) is 0 Å². The molecule has 0 spiro atoms. The van der Waals surface area contributed by atoms with Gasteiger partial charge in [-0.15, -0.1) is 0 Å². The van der Waals surface area contributed by atoms with Gasteiger partial charge in [-0.2, -0.15) is 0 Å². The first kappa shape index (κ1) is 18.4. The minimum absolute atomic E-state index is 0.144. The summed E-state index contributed by atoms with van der Waals surface area (Å²) < 4.78 is 4.87. The molecule has 0 amide bonds. The van der Waals surface area contributed by atoms with Crippen LogP contribution < -0.4 is 0 Å². The minimum Gasteiger partial charge on any atom is -0.507 e. The van der Waals surface area contributed by atoms with Gasteiger partial charge in [-0.3, -0.25) is 4.79 Å². The van der Waals surface area contributed by atoms with Gasteiger partial charge < -0.3 is 14.9 Å². The van der Waals surface area contributed by atoms with Crippen molar-refractivity contribution in [1.29, 1.82) is 0 Å². The topological polar surface area (TPSA) is 83.8 Å². The van der Waals surface area contributed by atoms with Gasteiger partial charge in [-0.25, -0.2) is 4.79 Å². The fourth-order valence-electron chi connectivity index (χ4n) is 2.33. The van der Waals surface area contributed by atoms with Gasteiger partial charge in [-0.1, -0.05) is 42.5 Å². The van der Waals surface area contributed by atoms with Crippen molar-refractivity contribution in [2.75, 3.05) is 6.61 Å². The molecule has 0 saturated heterocycles. The van der Waals surface area contributed by atoms with Crippen LogP contribution in [0.4, 0.5) is 0 Å². The molecule has 130 valence electrons. The number of hydrogen-bond acceptors (Lipinski definition) is 5. The van der Waals surface area contributed by atoms with E-state index in [0.29, 0.717) is 11.1 Å². The fourth-order valence-corrected chi connectivity index (χ4v) is 2.33. The third kappa shape index (κ3) is 5.29. The molecule has 0 radical (unpaired) electrons. The van der Waals surface area contributed by atoms with Crippen LogP contribution in [0.5, 0.6) is 5.75 Å². The highest BCUT2D eigenvalue weighted by Crippen LogP contribution is 2.23. The summed E-state index contributed by atoms with van der Waals surface area (Å²) in [7, 11) is 0. The van der Waals surface area contributed by atoms with Crippen LogP contribution in [0.1, 0.15) is 28.4 Å². The van der Waals surface area contributed by atoms with Gasteiger partial charge in [0.1, 0.15) is 12.4 Å². The molecule has 1 atom stereocenters. The van der Waals surface area contributed by atoms with E-state index in [2.05, 4.69) is 0 Å². The first-order valence-corrected chi connectivity index (χ1v) is 7.90. The number of hydrogen-bond donors (Lipinski definition) is 2. The third-order valence-electron chi connectivity index (χ3n) is 3.53. The van der Waals surface area contributed by atoms with Crippen LogP contribution >= 0.6 is 0 Å². The number of aliphatic hydroxyl groups excluding tert-OH is 1. The minimum atomic E-state index is -0.899. The number of carbonyl (C=O) groups excluding carboxylic acids is 2. The zero-order valence-electron chi connectivity index (χ0n) is 13.9. The van der Waals surface area contributed by atoms with Crippen molar-refractivity contribution in [2.45, 2.75) is 19.4 Å². The second-order valence-corrected chi connectivity index (χ2v) is 5.53. The first-order valence-electron chi connectivity index (χ1n) is 7.90. The van der Waals surface area contributed by atoms with Crippen LogP contribution in [-0.2, 0) is 16.0 Å². The van der Waals surface area contributed by atoms with Crippen LogP contribution in [0, 0.1) is 0 Å². The molecule has 0 aliphatic carbocycles. The van der Waals surface area contributed by atoms with Gasteiger partial charge in [0.2, 0.25) is 0 Å². The lowest BCUT2D eigenvalue weighted by molar-refractivity contribution is -0.140. The largest absolute Gasteiger partial charge is 0.507 e. The van der Waals surface area contributed by atoms with Crippen molar-refractivity contribution in [3.8, 4) is 5.75 Å². The Morgan fingerprint density at radius 3 is 2.52 bits per heavy atom. The lowest BCUT2D eigenvalue weighted by atomic mass is 9.99. The van der Waals surface area contributed by atoms with E-state index < -0.39 is 12.1 Å².